The van der Waals surface area contributed by atoms with Gasteiger partial charge in [0.25, 0.3) is 0 Å². The summed E-state index contributed by atoms with van der Waals surface area (Å²) in [4.78, 5) is 13.5. The van der Waals surface area contributed by atoms with Crippen LogP contribution >= 0.6 is 11.6 Å². The highest BCUT2D eigenvalue weighted by molar-refractivity contribution is 6.30. The first-order chi connectivity index (χ1) is 7.25. The average molecular weight is 223 g/mol. The molecule has 0 radical (unpaired) electrons. The fourth-order valence-corrected chi connectivity index (χ4v) is 2.59. The van der Waals surface area contributed by atoms with Crippen LogP contribution in [-0.4, -0.2) is 18.6 Å². The van der Waals surface area contributed by atoms with Gasteiger partial charge in [0.1, 0.15) is 0 Å². The molecule has 2 amide bonds. The van der Waals surface area contributed by atoms with Crippen molar-refractivity contribution in [2.75, 3.05) is 11.4 Å². The highest BCUT2D eigenvalue weighted by Crippen LogP contribution is 2.34. The number of carbonyl (C=O) groups is 1. The SMILES string of the molecule is O=C1NCC2CCc3cc(Cl)ccc3N12. The number of hydrogen-bond acceptors (Lipinski definition) is 1. The van der Waals surface area contributed by atoms with Crippen molar-refractivity contribution < 1.29 is 4.79 Å². The van der Waals surface area contributed by atoms with Crippen LogP contribution in [-0.2, 0) is 6.42 Å². The Hall–Kier alpha value is -1.22. The number of nitrogens with one attached hydrogen (secondary N) is 1. The number of aryl methyl sites for hydroxylation is 1. The molecule has 3 nitrogen and oxygen atoms in total. The number of carbonyl (C=O) groups excluding carboxylic acids is 1. The van der Waals surface area contributed by atoms with Crippen LogP contribution in [0.4, 0.5) is 10.5 Å². The minimum Gasteiger partial charge on any atom is -0.336 e. The smallest absolute Gasteiger partial charge is 0.322 e. The predicted octanol–water partition coefficient (Wildman–Crippen LogP) is 2.18. The first-order valence-electron chi connectivity index (χ1n) is 5.11. The van der Waals surface area contributed by atoms with Crippen LogP contribution in [0.1, 0.15) is 12.0 Å². The van der Waals surface area contributed by atoms with Crippen molar-refractivity contribution in [3.63, 3.8) is 0 Å². The molecule has 4 heteroatoms. The summed E-state index contributed by atoms with van der Waals surface area (Å²) >= 11 is 5.94. The lowest BCUT2D eigenvalue weighted by Gasteiger charge is -2.30. The van der Waals surface area contributed by atoms with Gasteiger partial charge < -0.3 is 5.32 Å². The monoisotopic (exact) mass is 222 g/mol. The standard InChI is InChI=1S/C11H11ClN2O/c12-8-2-4-10-7(5-8)1-3-9-6-13-11(15)14(9)10/h2,4-5,9H,1,3,6H2,(H,13,15). The Morgan fingerprint density at radius 2 is 2.33 bits per heavy atom. The van der Waals surface area contributed by atoms with Gasteiger partial charge >= 0.3 is 6.03 Å². The molecule has 1 fully saturated rings. The second-order valence-electron chi connectivity index (χ2n) is 4.02. The Labute approximate surface area is 93.0 Å². The lowest BCUT2D eigenvalue weighted by molar-refractivity contribution is 0.251. The fraction of sp³-hybridized carbons (Fsp3) is 0.364. The normalized spacial score (nSPS) is 23.4. The number of anilines is 1. The van der Waals surface area contributed by atoms with Gasteiger partial charge in [-0.2, -0.15) is 0 Å². The van der Waals surface area contributed by atoms with Crippen LogP contribution in [0.15, 0.2) is 18.2 Å². The van der Waals surface area contributed by atoms with E-state index >= 15 is 0 Å². The third-order valence-corrected chi connectivity index (χ3v) is 3.36. The average Bonchev–Trinajstić information content (AvgIpc) is 2.60. The van der Waals surface area contributed by atoms with E-state index in [4.69, 9.17) is 11.6 Å². The summed E-state index contributed by atoms with van der Waals surface area (Å²) in [6.45, 7) is 0.765. The number of urea groups is 1. The molecule has 3 rings (SSSR count). The number of hydrogen-bond donors (Lipinski definition) is 1. The van der Waals surface area contributed by atoms with E-state index in [-0.39, 0.29) is 6.03 Å². The molecular weight excluding hydrogens is 212 g/mol. The maximum Gasteiger partial charge on any atom is 0.322 e. The van der Waals surface area contributed by atoms with Gasteiger partial charge in [-0.3, -0.25) is 4.90 Å². The predicted molar refractivity (Wildman–Crippen MR) is 59.4 cm³/mol. The number of amides is 2. The van der Waals surface area contributed by atoms with E-state index in [0.717, 1.165) is 30.1 Å². The number of halogens is 1. The summed E-state index contributed by atoms with van der Waals surface area (Å²) in [5.41, 5.74) is 2.20. The molecule has 1 atom stereocenters. The Morgan fingerprint density at radius 3 is 3.20 bits per heavy atom. The molecule has 0 aliphatic carbocycles. The second-order valence-corrected chi connectivity index (χ2v) is 4.46. The molecule has 1 unspecified atom stereocenters. The van der Waals surface area contributed by atoms with Crippen molar-refractivity contribution in [3.05, 3.63) is 28.8 Å². The van der Waals surface area contributed by atoms with Crippen LogP contribution in [0, 0.1) is 0 Å². The molecule has 0 spiro atoms. The maximum atomic E-state index is 11.6. The minimum absolute atomic E-state index is 0.0169. The molecule has 1 aromatic rings. The molecular formula is C11H11ClN2O. The van der Waals surface area contributed by atoms with E-state index in [1.54, 1.807) is 0 Å². The van der Waals surface area contributed by atoms with E-state index in [1.165, 1.54) is 5.56 Å². The molecule has 78 valence electrons. The summed E-state index contributed by atoms with van der Waals surface area (Å²) in [6.07, 6.45) is 2.03. The number of rotatable bonds is 0. The molecule has 1 aromatic carbocycles. The quantitative estimate of drug-likeness (QED) is 0.717. The summed E-state index contributed by atoms with van der Waals surface area (Å²) in [5.74, 6) is 0. The minimum atomic E-state index is 0.0169. The zero-order valence-electron chi connectivity index (χ0n) is 8.16. The van der Waals surface area contributed by atoms with E-state index in [0.29, 0.717) is 6.04 Å². The Kier molecular flexibility index (Phi) is 1.89. The third-order valence-electron chi connectivity index (χ3n) is 3.12. The van der Waals surface area contributed by atoms with Crippen molar-refractivity contribution in [2.24, 2.45) is 0 Å². The summed E-state index contributed by atoms with van der Waals surface area (Å²) in [7, 11) is 0. The fourth-order valence-electron chi connectivity index (χ4n) is 2.40. The zero-order chi connectivity index (χ0) is 10.4. The van der Waals surface area contributed by atoms with Gasteiger partial charge in [0.05, 0.1) is 6.04 Å². The molecule has 2 aliphatic heterocycles. The van der Waals surface area contributed by atoms with Crippen molar-refractivity contribution >= 4 is 23.3 Å². The van der Waals surface area contributed by atoms with Crippen LogP contribution in [0.2, 0.25) is 5.02 Å². The molecule has 1 N–H and O–H groups in total. The van der Waals surface area contributed by atoms with Gasteiger partial charge in [-0.15, -0.1) is 0 Å². The topological polar surface area (TPSA) is 32.3 Å². The molecule has 2 heterocycles. The van der Waals surface area contributed by atoms with Gasteiger partial charge in [0.2, 0.25) is 0 Å². The maximum absolute atomic E-state index is 11.6. The lowest BCUT2D eigenvalue weighted by Crippen LogP contribution is -2.37. The number of benzene rings is 1. The molecule has 0 bridgehead atoms. The van der Waals surface area contributed by atoms with Crippen molar-refractivity contribution in [2.45, 2.75) is 18.9 Å². The first-order valence-corrected chi connectivity index (χ1v) is 5.49. The second kappa shape index (κ2) is 3.14. The van der Waals surface area contributed by atoms with Gasteiger partial charge in [0, 0.05) is 17.3 Å². The van der Waals surface area contributed by atoms with Crippen molar-refractivity contribution in [1.29, 1.82) is 0 Å². The van der Waals surface area contributed by atoms with Crippen LogP contribution in [0.25, 0.3) is 0 Å². The molecule has 0 saturated carbocycles. The van der Waals surface area contributed by atoms with Crippen molar-refractivity contribution in [3.8, 4) is 0 Å². The molecule has 15 heavy (non-hydrogen) atoms. The van der Waals surface area contributed by atoms with Crippen LogP contribution in [0.5, 0.6) is 0 Å². The Morgan fingerprint density at radius 1 is 1.47 bits per heavy atom. The summed E-state index contributed by atoms with van der Waals surface area (Å²) in [6, 6.07) is 6.08. The van der Waals surface area contributed by atoms with Gasteiger partial charge in [-0.25, -0.2) is 4.79 Å². The summed E-state index contributed by atoms with van der Waals surface area (Å²) in [5, 5.41) is 3.61. The van der Waals surface area contributed by atoms with Crippen molar-refractivity contribution in [1.82, 2.24) is 5.32 Å². The Balaban J connectivity index is 2.10. The number of nitrogens with zero attached hydrogens (tertiary/aromatic N) is 1. The highest BCUT2D eigenvalue weighted by Gasteiger charge is 2.35. The zero-order valence-corrected chi connectivity index (χ0v) is 8.92. The van der Waals surface area contributed by atoms with E-state index in [1.807, 2.05) is 23.1 Å². The molecule has 2 aliphatic rings. The Bertz CT molecular complexity index is 433. The van der Waals surface area contributed by atoms with Gasteiger partial charge in [-0.05, 0) is 36.6 Å². The highest BCUT2D eigenvalue weighted by atomic mass is 35.5. The third kappa shape index (κ3) is 1.30. The van der Waals surface area contributed by atoms with E-state index in [2.05, 4.69) is 5.32 Å². The molecule has 1 saturated heterocycles. The number of fused-ring (bicyclic) bond motifs is 3. The largest absolute Gasteiger partial charge is 0.336 e. The first kappa shape index (κ1) is 9.04. The van der Waals surface area contributed by atoms with E-state index in [9.17, 15) is 4.79 Å². The van der Waals surface area contributed by atoms with Crippen LogP contribution < -0.4 is 10.2 Å². The molecule has 0 aromatic heterocycles. The van der Waals surface area contributed by atoms with Crippen LogP contribution in [0.3, 0.4) is 0 Å². The summed E-state index contributed by atoms with van der Waals surface area (Å²) < 4.78 is 0. The lowest BCUT2D eigenvalue weighted by atomic mass is 9.97. The van der Waals surface area contributed by atoms with Gasteiger partial charge in [0.15, 0.2) is 0 Å². The van der Waals surface area contributed by atoms with Gasteiger partial charge in [-0.1, -0.05) is 11.6 Å². The van der Waals surface area contributed by atoms with E-state index < -0.39 is 0 Å².